The van der Waals surface area contributed by atoms with E-state index in [9.17, 15) is 9.18 Å². The number of carbonyl (C=O) groups is 1. The molecule has 0 spiro atoms. The minimum Gasteiger partial charge on any atom is -0.496 e. The minimum absolute atomic E-state index is 0.205. The van der Waals surface area contributed by atoms with Gasteiger partial charge in [-0.1, -0.05) is 12.1 Å². The Balaban J connectivity index is 2.01. The number of halogens is 1. The van der Waals surface area contributed by atoms with E-state index in [0.29, 0.717) is 30.0 Å². The Kier molecular flexibility index (Phi) is 5.57. The lowest BCUT2D eigenvalue weighted by Crippen LogP contribution is -2.25. The molecule has 0 saturated heterocycles. The first-order valence-corrected chi connectivity index (χ1v) is 7.30. The number of carbonyl (C=O) groups excluding carboxylic acids is 1. The Morgan fingerprint density at radius 1 is 1.09 bits per heavy atom. The number of hydrogen-bond donors (Lipinski definition) is 1. The number of ether oxygens (including phenoxy) is 2. The fourth-order valence-electron chi connectivity index (χ4n) is 2.29. The van der Waals surface area contributed by atoms with Crippen molar-refractivity contribution in [1.29, 1.82) is 0 Å². The third kappa shape index (κ3) is 4.22. The molecule has 2 aromatic carbocycles. The molecule has 0 aromatic heterocycles. The van der Waals surface area contributed by atoms with Crippen LogP contribution in [0.4, 0.5) is 4.39 Å². The predicted molar refractivity (Wildman–Crippen MR) is 86.7 cm³/mol. The zero-order chi connectivity index (χ0) is 16.8. The SMILES string of the molecule is COc1cc(C(=O)NCCc2ccc(F)cc2)cc(OC)c1C. The van der Waals surface area contributed by atoms with Gasteiger partial charge in [-0.05, 0) is 43.2 Å². The first kappa shape index (κ1) is 16.8. The maximum absolute atomic E-state index is 12.8. The predicted octanol–water partition coefficient (Wildman–Crippen LogP) is 3.12. The van der Waals surface area contributed by atoms with E-state index in [0.717, 1.165) is 11.1 Å². The van der Waals surface area contributed by atoms with E-state index in [-0.39, 0.29) is 11.7 Å². The highest BCUT2D eigenvalue weighted by molar-refractivity contribution is 5.95. The molecule has 0 aliphatic carbocycles. The van der Waals surface area contributed by atoms with Gasteiger partial charge in [0.25, 0.3) is 5.91 Å². The molecule has 5 heteroatoms. The van der Waals surface area contributed by atoms with Crippen molar-refractivity contribution in [2.24, 2.45) is 0 Å². The fraction of sp³-hybridized carbons (Fsp3) is 0.278. The van der Waals surface area contributed by atoms with E-state index in [1.54, 1.807) is 38.5 Å². The van der Waals surface area contributed by atoms with Gasteiger partial charge in [-0.15, -0.1) is 0 Å². The summed E-state index contributed by atoms with van der Waals surface area (Å²) in [5, 5.41) is 2.84. The zero-order valence-electron chi connectivity index (χ0n) is 13.5. The summed E-state index contributed by atoms with van der Waals surface area (Å²) in [6.07, 6.45) is 0.631. The van der Waals surface area contributed by atoms with Crippen LogP contribution in [-0.4, -0.2) is 26.7 Å². The molecule has 2 aromatic rings. The number of rotatable bonds is 6. The smallest absolute Gasteiger partial charge is 0.251 e. The summed E-state index contributed by atoms with van der Waals surface area (Å²) in [6.45, 7) is 2.33. The number of nitrogens with one attached hydrogen (secondary N) is 1. The third-order valence-corrected chi connectivity index (χ3v) is 3.63. The highest BCUT2D eigenvalue weighted by Gasteiger charge is 2.13. The molecule has 0 radical (unpaired) electrons. The standard InChI is InChI=1S/C18H20FNO3/c1-12-16(22-2)10-14(11-17(12)23-3)18(21)20-9-8-13-4-6-15(19)7-5-13/h4-7,10-11H,8-9H2,1-3H3,(H,20,21). The van der Waals surface area contributed by atoms with Crippen molar-refractivity contribution in [2.45, 2.75) is 13.3 Å². The Labute approximate surface area is 135 Å². The molecule has 4 nitrogen and oxygen atoms in total. The van der Waals surface area contributed by atoms with Crippen LogP contribution in [0.15, 0.2) is 36.4 Å². The molecule has 23 heavy (non-hydrogen) atoms. The van der Waals surface area contributed by atoms with E-state index in [1.807, 2.05) is 6.92 Å². The van der Waals surface area contributed by atoms with Gasteiger partial charge in [0, 0.05) is 17.7 Å². The lowest BCUT2D eigenvalue weighted by atomic mass is 10.1. The number of hydrogen-bond acceptors (Lipinski definition) is 3. The Bertz CT molecular complexity index is 658. The first-order valence-electron chi connectivity index (χ1n) is 7.30. The summed E-state index contributed by atoms with van der Waals surface area (Å²) in [6, 6.07) is 9.61. The van der Waals surface area contributed by atoms with Crippen molar-refractivity contribution < 1.29 is 18.7 Å². The van der Waals surface area contributed by atoms with Crippen molar-refractivity contribution >= 4 is 5.91 Å². The molecule has 0 aliphatic rings. The van der Waals surface area contributed by atoms with E-state index >= 15 is 0 Å². The van der Waals surface area contributed by atoms with Crippen LogP contribution in [0.3, 0.4) is 0 Å². The largest absolute Gasteiger partial charge is 0.496 e. The Morgan fingerprint density at radius 2 is 1.65 bits per heavy atom. The van der Waals surface area contributed by atoms with Crippen LogP contribution in [0, 0.1) is 12.7 Å². The van der Waals surface area contributed by atoms with Crippen molar-refractivity contribution in [3.8, 4) is 11.5 Å². The zero-order valence-corrected chi connectivity index (χ0v) is 13.5. The molecule has 1 N–H and O–H groups in total. The van der Waals surface area contributed by atoms with E-state index < -0.39 is 0 Å². The molecule has 0 atom stereocenters. The van der Waals surface area contributed by atoms with Gasteiger partial charge in [0.1, 0.15) is 17.3 Å². The minimum atomic E-state index is -0.267. The summed E-state index contributed by atoms with van der Waals surface area (Å²) in [7, 11) is 3.11. The normalized spacial score (nSPS) is 10.3. The summed E-state index contributed by atoms with van der Waals surface area (Å²) in [5.41, 5.74) is 2.28. The van der Waals surface area contributed by atoms with Crippen LogP contribution in [-0.2, 0) is 6.42 Å². The highest BCUT2D eigenvalue weighted by Crippen LogP contribution is 2.29. The van der Waals surface area contributed by atoms with E-state index in [2.05, 4.69) is 5.32 Å². The van der Waals surface area contributed by atoms with Crippen molar-refractivity contribution in [1.82, 2.24) is 5.32 Å². The van der Waals surface area contributed by atoms with Gasteiger partial charge in [0.05, 0.1) is 14.2 Å². The van der Waals surface area contributed by atoms with Gasteiger partial charge in [-0.2, -0.15) is 0 Å². The van der Waals surface area contributed by atoms with Crippen LogP contribution >= 0.6 is 0 Å². The second-order valence-corrected chi connectivity index (χ2v) is 5.14. The number of benzene rings is 2. The van der Waals surface area contributed by atoms with Crippen LogP contribution in [0.2, 0.25) is 0 Å². The second kappa shape index (κ2) is 7.63. The summed E-state index contributed by atoms with van der Waals surface area (Å²) in [5.74, 6) is 0.737. The monoisotopic (exact) mass is 317 g/mol. The summed E-state index contributed by atoms with van der Waals surface area (Å²) < 4.78 is 23.4. The van der Waals surface area contributed by atoms with Gasteiger partial charge in [-0.3, -0.25) is 4.79 Å². The second-order valence-electron chi connectivity index (χ2n) is 5.14. The van der Waals surface area contributed by atoms with Crippen LogP contribution in [0.1, 0.15) is 21.5 Å². The lowest BCUT2D eigenvalue weighted by Gasteiger charge is -2.12. The van der Waals surface area contributed by atoms with E-state index in [4.69, 9.17) is 9.47 Å². The Hall–Kier alpha value is -2.56. The molecular weight excluding hydrogens is 297 g/mol. The molecule has 122 valence electrons. The highest BCUT2D eigenvalue weighted by atomic mass is 19.1. The van der Waals surface area contributed by atoms with Gasteiger partial charge >= 0.3 is 0 Å². The van der Waals surface area contributed by atoms with Crippen molar-refractivity contribution in [2.75, 3.05) is 20.8 Å². The van der Waals surface area contributed by atoms with E-state index in [1.165, 1.54) is 12.1 Å². The number of amides is 1. The molecule has 0 heterocycles. The maximum atomic E-state index is 12.8. The van der Waals surface area contributed by atoms with Gasteiger partial charge in [0.2, 0.25) is 0 Å². The Morgan fingerprint density at radius 3 is 2.17 bits per heavy atom. The van der Waals surface area contributed by atoms with Gasteiger partial charge < -0.3 is 14.8 Å². The van der Waals surface area contributed by atoms with Crippen molar-refractivity contribution in [3.05, 3.63) is 58.9 Å². The van der Waals surface area contributed by atoms with Gasteiger partial charge in [-0.25, -0.2) is 4.39 Å². The average Bonchev–Trinajstić information content (AvgIpc) is 2.56. The van der Waals surface area contributed by atoms with Crippen LogP contribution in [0.25, 0.3) is 0 Å². The summed E-state index contributed by atoms with van der Waals surface area (Å²) >= 11 is 0. The molecule has 1 amide bonds. The fourth-order valence-corrected chi connectivity index (χ4v) is 2.29. The first-order chi connectivity index (χ1) is 11.0. The van der Waals surface area contributed by atoms with Crippen molar-refractivity contribution in [3.63, 3.8) is 0 Å². The maximum Gasteiger partial charge on any atom is 0.251 e. The lowest BCUT2D eigenvalue weighted by molar-refractivity contribution is 0.0953. The molecule has 0 unspecified atom stereocenters. The van der Waals surface area contributed by atoms with Crippen LogP contribution < -0.4 is 14.8 Å². The third-order valence-electron chi connectivity index (χ3n) is 3.63. The molecule has 0 saturated carbocycles. The van der Waals surface area contributed by atoms with Gasteiger partial charge in [0.15, 0.2) is 0 Å². The molecule has 2 rings (SSSR count). The van der Waals surface area contributed by atoms with Crippen LogP contribution in [0.5, 0.6) is 11.5 Å². The molecule has 0 fully saturated rings. The molecule has 0 bridgehead atoms. The molecule has 0 aliphatic heterocycles. The summed E-state index contributed by atoms with van der Waals surface area (Å²) in [4.78, 5) is 12.3. The number of methoxy groups -OCH3 is 2. The topological polar surface area (TPSA) is 47.6 Å². The quantitative estimate of drug-likeness (QED) is 0.890. The molecular formula is C18H20FNO3. The average molecular weight is 317 g/mol.